The molecule has 0 saturated carbocycles. The van der Waals surface area contributed by atoms with E-state index < -0.39 is 0 Å². The van der Waals surface area contributed by atoms with Crippen molar-refractivity contribution >= 4 is 17.2 Å². The molecule has 1 fully saturated rings. The van der Waals surface area contributed by atoms with E-state index in [0.29, 0.717) is 13.1 Å². The van der Waals surface area contributed by atoms with E-state index in [-0.39, 0.29) is 5.91 Å². The average Bonchev–Trinajstić information content (AvgIpc) is 2.87. The van der Waals surface area contributed by atoms with Gasteiger partial charge in [-0.1, -0.05) is 6.92 Å². The summed E-state index contributed by atoms with van der Waals surface area (Å²) in [6.07, 6.45) is 4.54. The molecule has 100 valence electrons. The third kappa shape index (κ3) is 3.78. The first kappa shape index (κ1) is 13.5. The number of carbonyl (C=O) groups is 1. The van der Waals surface area contributed by atoms with E-state index in [4.69, 9.17) is 0 Å². The van der Waals surface area contributed by atoms with Crippen LogP contribution in [-0.4, -0.2) is 35.4 Å². The molecule has 1 N–H and O–H groups in total. The van der Waals surface area contributed by atoms with Gasteiger partial charge in [-0.2, -0.15) is 0 Å². The first-order valence-corrected chi connectivity index (χ1v) is 7.59. The highest BCUT2D eigenvalue weighted by Gasteiger charge is 2.15. The van der Waals surface area contributed by atoms with E-state index in [1.807, 2.05) is 4.90 Å². The van der Waals surface area contributed by atoms with Gasteiger partial charge in [0.1, 0.15) is 0 Å². The summed E-state index contributed by atoms with van der Waals surface area (Å²) in [4.78, 5) is 18.3. The summed E-state index contributed by atoms with van der Waals surface area (Å²) in [5.74, 6) is 0.223. The van der Waals surface area contributed by atoms with Gasteiger partial charge in [0.15, 0.2) is 0 Å². The number of nitrogens with one attached hydrogen (secondary N) is 1. The molecule has 1 aromatic rings. The Morgan fingerprint density at radius 2 is 2.22 bits per heavy atom. The fraction of sp³-hybridized carbons (Fsp3) is 0.692. The SMILES string of the molecule is CCc1nc(CNCC(=O)N2CCCCC2)cs1. The van der Waals surface area contributed by atoms with Gasteiger partial charge in [0.05, 0.1) is 17.2 Å². The molecule has 0 atom stereocenters. The number of hydrogen-bond donors (Lipinski definition) is 1. The fourth-order valence-electron chi connectivity index (χ4n) is 2.15. The van der Waals surface area contributed by atoms with Crippen LogP contribution in [0.1, 0.15) is 36.9 Å². The van der Waals surface area contributed by atoms with Gasteiger partial charge >= 0.3 is 0 Å². The van der Waals surface area contributed by atoms with Gasteiger partial charge in [0, 0.05) is 25.0 Å². The molecule has 4 nitrogen and oxygen atoms in total. The highest BCUT2D eigenvalue weighted by molar-refractivity contribution is 7.09. The van der Waals surface area contributed by atoms with Crippen LogP contribution in [0.3, 0.4) is 0 Å². The zero-order valence-electron chi connectivity index (χ0n) is 10.9. The lowest BCUT2D eigenvalue weighted by Gasteiger charge is -2.26. The quantitative estimate of drug-likeness (QED) is 0.885. The third-order valence-electron chi connectivity index (χ3n) is 3.19. The molecular formula is C13H21N3OS. The van der Waals surface area contributed by atoms with Gasteiger partial charge in [-0.3, -0.25) is 4.79 Å². The first-order valence-electron chi connectivity index (χ1n) is 6.71. The minimum Gasteiger partial charge on any atom is -0.342 e. The summed E-state index contributed by atoms with van der Waals surface area (Å²) >= 11 is 1.69. The first-order chi connectivity index (χ1) is 8.79. The van der Waals surface area contributed by atoms with Crippen molar-refractivity contribution in [2.45, 2.75) is 39.2 Å². The maximum absolute atomic E-state index is 11.9. The Kier molecular flexibility index (Phi) is 5.13. The smallest absolute Gasteiger partial charge is 0.236 e. The van der Waals surface area contributed by atoms with Crippen LogP contribution in [0, 0.1) is 0 Å². The van der Waals surface area contributed by atoms with Gasteiger partial charge in [-0.25, -0.2) is 4.98 Å². The van der Waals surface area contributed by atoms with Crippen molar-refractivity contribution in [3.63, 3.8) is 0 Å². The summed E-state index contributed by atoms with van der Waals surface area (Å²) in [6.45, 7) is 5.08. The molecule has 1 saturated heterocycles. The highest BCUT2D eigenvalue weighted by Crippen LogP contribution is 2.10. The summed E-state index contributed by atoms with van der Waals surface area (Å²) in [6, 6.07) is 0. The number of piperidine rings is 1. The standard InChI is InChI=1S/C13H21N3OS/c1-2-12-15-11(10-18-12)8-14-9-13(17)16-6-4-3-5-7-16/h10,14H,2-9H2,1H3. The highest BCUT2D eigenvalue weighted by atomic mass is 32.1. The van der Waals surface area contributed by atoms with E-state index in [9.17, 15) is 4.79 Å². The number of hydrogen-bond acceptors (Lipinski definition) is 4. The number of aromatic nitrogens is 1. The van der Waals surface area contributed by atoms with Crippen molar-refractivity contribution in [2.75, 3.05) is 19.6 Å². The number of carbonyl (C=O) groups excluding carboxylic acids is 1. The predicted octanol–water partition coefficient (Wildman–Crippen LogP) is 1.81. The fourth-order valence-corrected chi connectivity index (χ4v) is 2.89. The molecule has 18 heavy (non-hydrogen) atoms. The molecule has 0 aliphatic carbocycles. The zero-order valence-corrected chi connectivity index (χ0v) is 11.8. The number of rotatable bonds is 5. The lowest BCUT2D eigenvalue weighted by Crippen LogP contribution is -2.40. The molecule has 0 aromatic carbocycles. The molecule has 2 heterocycles. The normalized spacial score (nSPS) is 15.9. The minimum atomic E-state index is 0.223. The van der Waals surface area contributed by atoms with E-state index in [0.717, 1.165) is 43.1 Å². The molecule has 5 heteroatoms. The Bertz CT molecular complexity index is 385. The molecular weight excluding hydrogens is 246 g/mol. The number of amides is 1. The van der Waals surface area contributed by atoms with Gasteiger partial charge in [0.2, 0.25) is 5.91 Å². The summed E-state index contributed by atoms with van der Waals surface area (Å²) in [5, 5.41) is 6.42. The van der Waals surface area contributed by atoms with Crippen LogP contribution in [0.2, 0.25) is 0 Å². The Labute approximate surface area is 112 Å². The van der Waals surface area contributed by atoms with E-state index in [1.165, 1.54) is 6.42 Å². The van der Waals surface area contributed by atoms with Crippen LogP contribution in [-0.2, 0) is 17.8 Å². The van der Waals surface area contributed by atoms with E-state index in [2.05, 4.69) is 22.6 Å². The largest absolute Gasteiger partial charge is 0.342 e. The molecule has 1 aliphatic heterocycles. The minimum absolute atomic E-state index is 0.223. The third-order valence-corrected chi connectivity index (χ3v) is 4.23. The van der Waals surface area contributed by atoms with Crippen molar-refractivity contribution in [3.05, 3.63) is 16.1 Å². The Morgan fingerprint density at radius 1 is 1.44 bits per heavy atom. The molecule has 0 radical (unpaired) electrons. The molecule has 1 amide bonds. The monoisotopic (exact) mass is 267 g/mol. The second-order valence-corrected chi connectivity index (χ2v) is 5.57. The average molecular weight is 267 g/mol. The molecule has 0 unspecified atom stereocenters. The zero-order chi connectivity index (χ0) is 12.8. The van der Waals surface area contributed by atoms with Crippen molar-refractivity contribution in [2.24, 2.45) is 0 Å². The lowest BCUT2D eigenvalue weighted by atomic mass is 10.1. The summed E-state index contributed by atoms with van der Waals surface area (Å²) in [5.41, 5.74) is 1.04. The van der Waals surface area contributed by atoms with Crippen molar-refractivity contribution in [1.82, 2.24) is 15.2 Å². The van der Waals surface area contributed by atoms with Crippen LogP contribution in [0.5, 0.6) is 0 Å². The number of thiazole rings is 1. The van der Waals surface area contributed by atoms with Crippen LogP contribution in [0.4, 0.5) is 0 Å². The Morgan fingerprint density at radius 3 is 2.89 bits per heavy atom. The molecule has 0 spiro atoms. The number of aryl methyl sites for hydroxylation is 1. The predicted molar refractivity (Wildman–Crippen MR) is 73.6 cm³/mol. The second kappa shape index (κ2) is 6.85. The summed E-state index contributed by atoms with van der Waals surface area (Å²) in [7, 11) is 0. The van der Waals surface area contributed by atoms with Gasteiger partial charge in [0.25, 0.3) is 0 Å². The van der Waals surface area contributed by atoms with Crippen LogP contribution in [0.25, 0.3) is 0 Å². The van der Waals surface area contributed by atoms with Crippen molar-refractivity contribution < 1.29 is 4.79 Å². The van der Waals surface area contributed by atoms with E-state index in [1.54, 1.807) is 11.3 Å². The van der Waals surface area contributed by atoms with Gasteiger partial charge < -0.3 is 10.2 Å². The number of likely N-dealkylation sites (tertiary alicyclic amines) is 1. The van der Waals surface area contributed by atoms with Crippen LogP contribution >= 0.6 is 11.3 Å². The lowest BCUT2D eigenvalue weighted by molar-refractivity contribution is -0.131. The van der Waals surface area contributed by atoms with Crippen LogP contribution < -0.4 is 5.32 Å². The van der Waals surface area contributed by atoms with Crippen molar-refractivity contribution in [1.29, 1.82) is 0 Å². The molecule has 2 rings (SSSR count). The van der Waals surface area contributed by atoms with Crippen molar-refractivity contribution in [3.8, 4) is 0 Å². The van der Waals surface area contributed by atoms with Crippen LogP contribution in [0.15, 0.2) is 5.38 Å². The molecule has 1 aromatic heterocycles. The second-order valence-electron chi connectivity index (χ2n) is 4.63. The summed E-state index contributed by atoms with van der Waals surface area (Å²) < 4.78 is 0. The maximum atomic E-state index is 11.9. The van der Waals surface area contributed by atoms with E-state index >= 15 is 0 Å². The maximum Gasteiger partial charge on any atom is 0.236 e. The molecule has 1 aliphatic rings. The molecule has 0 bridgehead atoms. The Balaban J connectivity index is 1.69. The van der Waals surface area contributed by atoms with Gasteiger partial charge in [-0.15, -0.1) is 11.3 Å². The topological polar surface area (TPSA) is 45.2 Å². The van der Waals surface area contributed by atoms with Gasteiger partial charge in [-0.05, 0) is 25.7 Å². The number of nitrogens with zero attached hydrogens (tertiary/aromatic N) is 2. The Hall–Kier alpha value is -0.940.